The maximum absolute atomic E-state index is 12.3. The quantitative estimate of drug-likeness (QED) is 0.836. The van der Waals surface area contributed by atoms with E-state index < -0.39 is 10.0 Å². The lowest BCUT2D eigenvalue weighted by Crippen LogP contribution is -2.39. The lowest BCUT2D eigenvalue weighted by Gasteiger charge is -2.32. The highest BCUT2D eigenvalue weighted by Gasteiger charge is 2.34. The third-order valence-corrected chi connectivity index (χ3v) is 7.49. The summed E-state index contributed by atoms with van der Waals surface area (Å²) in [4.78, 5) is 0. The molecular formula is C18H25NO4S. The van der Waals surface area contributed by atoms with Crippen LogP contribution in [0.25, 0.3) is 0 Å². The standard InChI is InChI=1S/C18H25NO4S/c1-2-11-24(20,21)19-7-3-13(4-8-19)17-15-6-10-22-16(15)12-14-5-9-23-18(14)17/h12-13H,2-11H2,1H3. The molecule has 3 aliphatic rings. The molecule has 3 aliphatic heterocycles. The molecule has 1 aromatic carbocycles. The van der Waals surface area contributed by atoms with Crippen LogP contribution in [-0.2, 0) is 22.9 Å². The normalized spacial score (nSPS) is 21.2. The van der Waals surface area contributed by atoms with Crippen molar-refractivity contribution in [1.82, 2.24) is 4.31 Å². The Morgan fingerprint density at radius 1 is 1.17 bits per heavy atom. The average Bonchev–Trinajstić information content (AvgIpc) is 3.21. The first kappa shape index (κ1) is 16.2. The van der Waals surface area contributed by atoms with Crippen molar-refractivity contribution in [2.75, 3.05) is 32.1 Å². The van der Waals surface area contributed by atoms with Gasteiger partial charge in [-0.3, -0.25) is 0 Å². The van der Waals surface area contributed by atoms with E-state index in [0.29, 0.717) is 25.4 Å². The molecule has 0 spiro atoms. The number of piperidine rings is 1. The van der Waals surface area contributed by atoms with Crippen LogP contribution in [0.3, 0.4) is 0 Å². The Hall–Kier alpha value is -1.27. The Bertz CT molecular complexity index is 704. The van der Waals surface area contributed by atoms with Crippen molar-refractivity contribution in [2.24, 2.45) is 0 Å². The summed E-state index contributed by atoms with van der Waals surface area (Å²) in [5.41, 5.74) is 3.86. The maximum atomic E-state index is 12.3. The molecule has 0 unspecified atom stereocenters. The van der Waals surface area contributed by atoms with Gasteiger partial charge in [0.15, 0.2) is 0 Å². The predicted octanol–water partition coefficient (Wildman–Crippen LogP) is 2.48. The highest BCUT2D eigenvalue weighted by atomic mass is 32.2. The van der Waals surface area contributed by atoms with Crippen molar-refractivity contribution in [1.29, 1.82) is 0 Å². The van der Waals surface area contributed by atoms with Gasteiger partial charge >= 0.3 is 0 Å². The summed E-state index contributed by atoms with van der Waals surface area (Å²) in [5.74, 6) is 2.72. The molecule has 0 aliphatic carbocycles. The van der Waals surface area contributed by atoms with Crippen LogP contribution in [0.15, 0.2) is 6.07 Å². The van der Waals surface area contributed by atoms with Crippen molar-refractivity contribution in [3.05, 3.63) is 22.8 Å². The van der Waals surface area contributed by atoms with E-state index in [9.17, 15) is 8.42 Å². The number of fused-ring (bicyclic) bond motifs is 2. The number of hydrogen-bond donors (Lipinski definition) is 0. The fourth-order valence-corrected chi connectivity index (χ4v) is 5.81. The fourth-order valence-electron chi connectivity index (χ4n) is 4.26. The molecule has 5 nitrogen and oxygen atoms in total. The van der Waals surface area contributed by atoms with Crippen LogP contribution in [0.2, 0.25) is 0 Å². The van der Waals surface area contributed by atoms with Crippen molar-refractivity contribution in [3.8, 4) is 11.5 Å². The Kier molecular flexibility index (Phi) is 4.21. The first-order valence-corrected chi connectivity index (χ1v) is 10.6. The van der Waals surface area contributed by atoms with Crippen LogP contribution in [0, 0.1) is 0 Å². The van der Waals surface area contributed by atoms with Gasteiger partial charge in [-0.05, 0) is 31.2 Å². The SMILES string of the molecule is CCCS(=O)(=O)N1CCC(c2c3c(cc4c2OCC4)OCC3)CC1. The molecule has 1 fully saturated rings. The molecule has 0 saturated carbocycles. The molecule has 24 heavy (non-hydrogen) atoms. The Morgan fingerprint density at radius 2 is 1.92 bits per heavy atom. The minimum Gasteiger partial charge on any atom is -0.493 e. The first-order valence-electron chi connectivity index (χ1n) is 9.02. The van der Waals surface area contributed by atoms with E-state index in [-0.39, 0.29) is 5.75 Å². The van der Waals surface area contributed by atoms with E-state index >= 15 is 0 Å². The highest BCUT2D eigenvalue weighted by Crippen LogP contribution is 2.46. The average molecular weight is 351 g/mol. The van der Waals surface area contributed by atoms with Gasteiger partial charge < -0.3 is 9.47 Å². The van der Waals surface area contributed by atoms with Crippen LogP contribution in [-0.4, -0.2) is 44.8 Å². The minimum atomic E-state index is -3.08. The van der Waals surface area contributed by atoms with Crippen LogP contribution in [0.1, 0.15) is 48.8 Å². The van der Waals surface area contributed by atoms with E-state index in [1.54, 1.807) is 4.31 Å². The van der Waals surface area contributed by atoms with Crippen LogP contribution in [0.5, 0.6) is 11.5 Å². The van der Waals surface area contributed by atoms with Gasteiger partial charge in [-0.1, -0.05) is 6.92 Å². The molecule has 132 valence electrons. The number of nitrogens with zero attached hydrogens (tertiary/aromatic N) is 1. The number of ether oxygens (including phenoxy) is 2. The van der Waals surface area contributed by atoms with Gasteiger partial charge in [0.25, 0.3) is 0 Å². The van der Waals surface area contributed by atoms with Gasteiger partial charge in [-0.2, -0.15) is 0 Å². The van der Waals surface area contributed by atoms with E-state index in [4.69, 9.17) is 9.47 Å². The second-order valence-electron chi connectivity index (χ2n) is 6.94. The van der Waals surface area contributed by atoms with Gasteiger partial charge in [0, 0.05) is 42.6 Å². The number of hydrogen-bond acceptors (Lipinski definition) is 4. The topological polar surface area (TPSA) is 55.8 Å². The first-order chi connectivity index (χ1) is 11.6. The lowest BCUT2D eigenvalue weighted by molar-refractivity contribution is 0.307. The molecule has 0 aromatic heterocycles. The third kappa shape index (κ3) is 2.69. The summed E-state index contributed by atoms with van der Waals surface area (Å²) in [7, 11) is -3.08. The summed E-state index contributed by atoms with van der Waals surface area (Å²) in [6, 6.07) is 2.15. The monoisotopic (exact) mass is 351 g/mol. The molecule has 6 heteroatoms. The Balaban J connectivity index is 1.59. The second-order valence-corrected chi connectivity index (χ2v) is 9.03. The fraction of sp³-hybridized carbons (Fsp3) is 0.667. The van der Waals surface area contributed by atoms with E-state index in [0.717, 1.165) is 50.4 Å². The molecule has 1 aromatic rings. The second kappa shape index (κ2) is 6.23. The van der Waals surface area contributed by atoms with Gasteiger partial charge in [-0.15, -0.1) is 0 Å². The summed E-state index contributed by atoms with van der Waals surface area (Å²) in [6.45, 7) is 4.64. The third-order valence-electron chi connectivity index (χ3n) is 5.41. The van der Waals surface area contributed by atoms with Crippen molar-refractivity contribution >= 4 is 10.0 Å². The number of sulfonamides is 1. The molecule has 0 atom stereocenters. The summed E-state index contributed by atoms with van der Waals surface area (Å²) in [5, 5.41) is 0. The van der Waals surface area contributed by atoms with Crippen LogP contribution < -0.4 is 9.47 Å². The zero-order valence-corrected chi connectivity index (χ0v) is 15.0. The molecule has 0 radical (unpaired) electrons. The van der Waals surface area contributed by atoms with Crippen molar-refractivity contribution < 1.29 is 17.9 Å². The molecule has 0 bridgehead atoms. The molecule has 1 saturated heterocycles. The Morgan fingerprint density at radius 3 is 2.67 bits per heavy atom. The number of benzene rings is 1. The van der Waals surface area contributed by atoms with Gasteiger partial charge in [-0.25, -0.2) is 12.7 Å². The van der Waals surface area contributed by atoms with E-state index in [1.165, 1.54) is 16.7 Å². The van der Waals surface area contributed by atoms with Crippen LogP contribution in [0.4, 0.5) is 0 Å². The van der Waals surface area contributed by atoms with Crippen molar-refractivity contribution in [3.63, 3.8) is 0 Å². The molecule has 4 rings (SSSR count). The number of rotatable bonds is 4. The van der Waals surface area contributed by atoms with Gasteiger partial charge in [0.1, 0.15) is 11.5 Å². The van der Waals surface area contributed by atoms with Gasteiger partial charge in [0.2, 0.25) is 10.0 Å². The molecule has 0 amide bonds. The van der Waals surface area contributed by atoms with Crippen molar-refractivity contribution in [2.45, 2.75) is 44.9 Å². The van der Waals surface area contributed by atoms with Gasteiger partial charge in [0.05, 0.1) is 19.0 Å². The predicted molar refractivity (Wildman–Crippen MR) is 92.5 cm³/mol. The van der Waals surface area contributed by atoms with E-state index in [1.807, 2.05) is 6.92 Å². The Labute approximate surface area is 144 Å². The largest absolute Gasteiger partial charge is 0.493 e. The highest BCUT2D eigenvalue weighted by molar-refractivity contribution is 7.89. The zero-order chi connectivity index (χ0) is 16.7. The molecular weight excluding hydrogens is 326 g/mol. The molecule has 0 N–H and O–H groups in total. The van der Waals surface area contributed by atoms with E-state index in [2.05, 4.69) is 6.07 Å². The zero-order valence-electron chi connectivity index (χ0n) is 14.2. The summed E-state index contributed by atoms with van der Waals surface area (Å²) in [6.07, 6.45) is 4.30. The summed E-state index contributed by atoms with van der Waals surface area (Å²) < 4.78 is 38.0. The smallest absolute Gasteiger partial charge is 0.214 e. The maximum Gasteiger partial charge on any atom is 0.214 e. The minimum absolute atomic E-state index is 0.255. The summed E-state index contributed by atoms with van der Waals surface area (Å²) >= 11 is 0. The molecule has 3 heterocycles. The lowest BCUT2D eigenvalue weighted by atomic mass is 9.84. The van der Waals surface area contributed by atoms with Crippen LogP contribution >= 0.6 is 0 Å².